The van der Waals surface area contributed by atoms with E-state index in [0.29, 0.717) is 29.6 Å². The zero-order chi connectivity index (χ0) is 24.9. The van der Waals surface area contributed by atoms with E-state index in [4.69, 9.17) is 9.47 Å². The second kappa shape index (κ2) is 10.9. The summed E-state index contributed by atoms with van der Waals surface area (Å²) < 4.78 is 10.8. The largest absolute Gasteiger partial charge is 0.497 e. The summed E-state index contributed by atoms with van der Waals surface area (Å²) in [6.07, 6.45) is 2.61. The van der Waals surface area contributed by atoms with E-state index in [2.05, 4.69) is 64.9 Å². The number of aromatic amines is 1. The van der Waals surface area contributed by atoms with Crippen molar-refractivity contribution in [2.45, 2.75) is 37.9 Å². The predicted octanol–water partition coefficient (Wildman–Crippen LogP) is 5.19. The van der Waals surface area contributed by atoms with Crippen LogP contribution in [0.25, 0.3) is 10.9 Å². The van der Waals surface area contributed by atoms with Gasteiger partial charge in [0.1, 0.15) is 11.5 Å². The highest BCUT2D eigenvalue weighted by molar-refractivity contribution is 5.95. The highest BCUT2D eigenvalue weighted by Crippen LogP contribution is 2.28. The van der Waals surface area contributed by atoms with Crippen molar-refractivity contribution in [2.75, 3.05) is 20.8 Å². The number of hydrogen-bond acceptors (Lipinski definition) is 4. The van der Waals surface area contributed by atoms with Crippen molar-refractivity contribution < 1.29 is 14.3 Å². The van der Waals surface area contributed by atoms with Gasteiger partial charge in [-0.15, -0.1) is 0 Å². The van der Waals surface area contributed by atoms with Crippen molar-refractivity contribution in [3.63, 3.8) is 0 Å². The molecule has 5 rings (SSSR count). The van der Waals surface area contributed by atoms with Gasteiger partial charge in [-0.05, 0) is 54.5 Å². The number of aromatic nitrogens is 1. The fourth-order valence-corrected chi connectivity index (χ4v) is 5.16. The summed E-state index contributed by atoms with van der Waals surface area (Å²) in [6.45, 7) is 1.47. The third-order valence-corrected chi connectivity index (χ3v) is 7.06. The lowest BCUT2D eigenvalue weighted by Crippen LogP contribution is -2.51. The zero-order valence-electron chi connectivity index (χ0n) is 20.9. The first-order valence-electron chi connectivity index (χ1n) is 12.5. The first-order valence-corrected chi connectivity index (χ1v) is 12.5. The molecule has 1 saturated heterocycles. The molecule has 0 aliphatic carbocycles. The average Bonchev–Trinajstić information content (AvgIpc) is 3.35. The van der Waals surface area contributed by atoms with Crippen molar-refractivity contribution in [3.05, 3.63) is 95.7 Å². The lowest BCUT2D eigenvalue weighted by Gasteiger charge is -2.40. The van der Waals surface area contributed by atoms with E-state index in [-0.39, 0.29) is 11.9 Å². The minimum absolute atomic E-state index is 0.0159. The van der Waals surface area contributed by atoms with Crippen LogP contribution in [0.4, 0.5) is 0 Å². The standard InChI is InChI=1S/C30H33N3O3/c1-35-27-16-23(17-28(19-27)36-2)30(34)33-13-12-24(18-26(33)14-21-8-4-3-5-9-21)31-20-25-15-22-10-6-7-11-29(22)32-25/h3-11,15-17,19,24,26,31-32H,12-14,18,20H2,1-2H3/t24-,26+/m0/s1. The third-order valence-electron chi connectivity index (χ3n) is 7.06. The number of ether oxygens (including phenoxy) is 2. The molecule has 1 aromatic heterocycles. The van der Waals surface area contributed by atoms with E-state index in [1.54, 1.807) is 32.4 Å². The number of rotatable bonds is 8. The van der Waals surface area contributed by atoms with Crippen molar-refractivity contribution >= 4 is 16.8 Å². The van der Waals surface area contributed by atoms with Crippen molar-refractivity contribution in [2.24, 2.45) is 0 Å². The summed E-state index contributed by atoms with van der Waals surface area (Å²) in [6, 6.07) is 26.8. The number of hydrogen-bond donors (Lipinski definition) is 2. The van der Waals surface area contributed by atoms with Gasteiger partial charge in [0.25, 0.3) is 5.91 Å². The van der Waals surface area contributed by atoms with Crippen molar-refractivity contribution in [1.82, 2.24) is 15.2 Å². The molecule has 4 aromatic rings. The molecule has 186 valence electrons. The maximum atomic E-state index is 13.7. The Morgan fingerprint density at radius 1 is 0.972 bits per heavy atom. The van der Waals surface area contributed by atoms with Crippen LogP contribution < -0.4 is 14.8 Å². The normalized spacial score (nSPS) is 17.8. The molecule has 1 amide bonds. The van der Waals surface area contributed by atoms with E-state index in [1.807, 2.05) is 11.0 Å². The Kier molecular flexibility index (Phi) is 7.23. The predicted molar refractivity (Wildman–Crippen MR) is 143 cm³/mol. The molecule has 36 heavy (non-hydrogen) atoms. The fourth-order valence-electron chi connectivity index (χ4n) is 5.16. The Labute approximate surface area is 212 Å². The van der Waals surface area contributed by atoms with Gasteiger partial charge in [0.05, 0.1) is 14.2 Å². The van der Waals surface area contributed by atoms with Crippen LogP contribution in [0.2, 0.25) is 0 Å². The molecule has 0 radical (unpaired) electrons. The summed E-state index contributed by atoms with van der Waals surface area (Å²) >= 11 is 0. The molecule has 0 unspecified atom stereocenters. The van der Waals surface area contributed by atoms with E-state index in [9.17, 15) is 4.79 Å². The second-order valence-corrected chi connectivity index (χ2v) is 9.43. The molecule has 1 fully saturated rings. The number of carbonyl (C=O) groups is 1. The number of likely N-dealkylation sites (tertiary alicyclic amines) is 1. The number of amides is 1. The van der Waals surface area contributed by atoms with Crippen molar-refractivity contribution in [1.29, 1.82) is 0 Å². The molecule has 1 aliphatic rings. The molecule has 0 saturated carbocycles. The molecular formula is C30H33N3O3. The maximum Gasteiger partial charge on any atom is 0.254 e. The molecule has 0 spiro atoms. The first kappa shape index (κ1) is 23.9. The van der Waals surface area contributed by atoms with Gasteiger partial charge in [0, 0.05) is 48.0 Å². The Balaban J connectivity index is 1.33. The van der Waals surface area contributed by atoms with E-state index in [0.717, 1.165) is 31.3 Å². The summed E-state index contributed by atoms with van der Waals surface area (Å²) in [5.41, 5.74) is 4.16. The monoisotopic (exact) mass is 483 g/mol. The molecule has 6 nitrogen and oxygen atoms in total. The van der Waals surface area contributed by atoms with Crippen LogP contribution in [0.3, 0.4) is 0 Å². The highest BCUT2D eigenvalue weighted by atomic mass is 16.5. The third kappa shape index (κ3) is 5.39. The lowest BCUT2D eigenvalue weighted by molar-refractivity contribution is 0.0575. The van der Waals surface area contributed by atoms with E-state index in [1.165, 1.54) is 16.6 Å². The quantitative estimate of drug-likeness (QED) is 0.362. The molecule has 2 heterocycles. The molecule has 2 atom stereocenters. The molecule has 1 aliphatic heterocycles. The topological polar surface area (TPSA) is 66.6 Å². The maximum absolute atomic E-state index is 13.7. The Morgan fingerprint density at radius 3 is 2.42 bits per heavy atom. The SMILES string of the molecule is COc1cc(OC)cc(C(=O)N2CC[C@H](NCc3cc4ccccc4[nH]3)C[C@H]2Cc2ccccc2)c1. The van der Waals surface area contributed by atoms with Gasteiger partial charge in [0.2, 0.25) is 0 Å². The summed E-state index contributed by atoms with van der Waals surface area (Å²) in [4.78, 5) is 19.2. The van der Waals surface area contributed by atoms with Gasteiger partial charge in [-0.2, -0.15) is 0 Å². The lowest BCUT2D eigenvalue weighted by atomic mass is 9.91. The number of para-hydroxylation sites is 1. The van der Waals surface area contributed by atoms with Crippen molar-refractivity contribution in [3.8, 4) is 11.5 Å². The van der Waals surface area contributed by atoms with Crippen LogP contribution in [-0.4, -0.2) is 48.6 Å². The van der Waals surface area contributed by atoms with Crippen LogP contribution in [-0.2, 0) is 13.0 Å². The Morgan fingerprint density at radius 2 is 1.69 bits per heavy atom. The van der Waals surface area contributed by atoms with Crippen LogP contribution in [0, 0.1) is 0 Å². The van der Waals surface area contributed by atoms with E-state index >= 15 is 0 Å². The number of methoxy groups -OCH3 is 2. The summed E-state index contributed by atoms with van der Waals surface area (Å²) in [7, 11) is 3.21. The summed E-state index contributed by atoms with van der Waals surface area (Å²) in [5, 5.41) is 4.97. The van der Waals surface area contributed by atoms with Crippen LogP contribution in [0.5, 0.6) is 11.5 Å². The zero-order valence-corrected chi connectivity index (χ0v) is 20.9. The number of H-pyrrole nitrogens is 1. The van der Waals surface area contributed by atoms with Gasteiger partial charge < -0.3 is 24.7 Å². The minimum Gasteiger partial charge on any atom is -0.497 e. The second-order valence-electron chi connectivity index (χ2n) is 9.43. The van der Waals surface area contributed by atoms with Gasteiger partial charge in [-0.25, -0.2) is 0 Å². The van der Waals surface area contributed by atoms with Gasteiger partial charge in [-0.1, -0.05) is 48.5 Å². The number of carbonyl (C=O) groups excluding carboxylic acids is 1. The number of nitrogens with zero attached hydrogens (tertiary/aromatic N) is 1. The smallest absolute Gasteiger partial charge is 0.254 e. The first-order chi connectivity index (χ1) is 17.6. The van der Waals surface area contributed by atoms with Crippen LogP contribution in [0.1, 0.15) is 34.5 Å². The number of benzene rings is 3. The average molecular weight is 484 g/mol. The Hall–Kier alpha value is -3.77. The van der Waals surface area contributed by atoms with Crippen LogP contribution >= 0.6 is 0 Å². The molecule has 3 aromatic carbocycles. The fraction of sp³-hybridized carbons (Fsp3) is 0.300. The molecule has 6 heteroatoms. The van der Waals surface area contributed by atoms with Gasteiger partial charge >= 0.3 is 0 Å². The molecular weight excluding hydrogens is 450 g/mol. The molecule has 0 bridgehead atoms. The summed E-state index contributed by atoms with van der Waals surface area (Å²) in [5.74, 6) is 1.25. The highest BCUT2D eigenvalue weighted by Gasteiger charge is 2.32. The number of fused-ring (bicyclic) bond motifs is 1. The van der Waals surface area contributed by atoms with Gasteiger partial charge in [0.15, 0.2) is 0 Å². The Bertz CT molecular complexity index is 1260. The molecule has 2 N–H and O–H groups in total. The number of piperidine rings is 1. The number of nitrogens with one attached hydrogen (secondary N) is 2. The van der Waals surface area contributed by atoms with E-state index < -0.39 is 0 Å². The van der Waals surface area contributed by atoms with Gasteiger partial charge in [-0.3, -0.25) is 4.79 Å². The minimum atomic E-state index is 0.0159. The van der Waals surface area contributed by atoms with Crippen LogP contribution in [0.15, 0.2) is 78.9 Å².